The zero-order valence-electron chi connectivity index (χ0n) is 11.6. The number of methoxy groups -OCH3 is 1. The molecule has 0 unspecified atom stereocenters. The maximum atomic E-state index is 12.6. The van der Waals surface area contributed by atoms with Crippen LogP contribution in [0.25, 0.3) is 0 Å². The van der Waals surface area contributed by atoms with Gasteiger partial charge in [-0.1, -0.05) is 30.3 Å². The molecule has 2 aromatic carbocycles. The molecule has 1 heterocycles. The van der Waals surface area contributed by atoms with Gasteiger partial charge in [0.05, 0.1) is 19.6 Å². The van der Waals surface area contributed by atoms with Crippen LogP contribution in [0.2, 0.25) is 0 Å². The van der Waals surface area contributed by atoms with Gasteiger partial charge in [0.25, 0.3) is 0 Å². The van der Waals surface area contributed by atoms with Gasteiger partial charge >= 0.3 is 0 Å². The molecular formula is C17H14N2O2. The highest BCUT2D eigenvalue weighted by atomic mass is 16.5. The van der Waals surface area contributed by atoms with Gasteiger partial charge in [0.1, 0.15) is 11.2 Å². The summed E-state index contributed by atoms with van der Waals surface area (Å²) in [6.07, 6.45) is 0.0863. The molecule has 4 nitrogen and oxygen atoms in total. The van der Waals surface area contributed by atoms with Crippen molar-refractivity contribution < 1.29 is 9.53 Å². The average Bonchev–Trinajstić information content (AvgIpc) is 2.81. The summed E-state index contributed by atoms with van der Waals surface area (Å²) < 4.78 is 5.26. The van der Waals surface area contributed by atoms with E-state index < -0.39 is 5.41 Å². The van der Waals surface area contributed by atoms with Crippen LogP contribution in [-0.4, -0.2) is 13.0 Å². The van der Waals surface area contributed by atoms with Gasteiger partial charge in [-0.25, -0.2) is 0 Å². The first-order chi connectivity index (χ1) is 10.2. The highest BCUT2D eigenvalue weighted by Crippen LogP contribution is 2.46. The third-order valence-corrected chi connectivity index (χ3v) is 3.93. The molecule has 1 aliphatic heterocycles. The average molecular weight is 278 g/mol. The standard InChI is InChI=1S/C17H14N2O2/c1-21-13-7-8-15-14(11-13)17(9-10-18,16(20)19-15)12-5-3-2-4-6-12/h2-8,11H,9H2,1H3,(H,19,20)/t17-/m0/s1. The van der Waals surface area contributed by atoms with Crippen molar-refractivity contribution in [2.75, 3.05) is 12.4 Å². The van der Waals surface area contributed by atoms with Crippen LogP contribution in [0.15, 0.2) is 48.5 Å². The Labute approximate surface area is 123 Å². The molecular weight excluding hydrogens is 264 g/mol. The van der Waals surface area contributed by atoms with Crippen LogP contribution in [0.4, 0.5) is 5.69 Å². The fourth-order valence-electron chi connectivity index (χ4n) is 2.87. The van der Waals surface area contributed by atoms with E-state index in [1.54, 1.807) is 13.2 Å². The number of hydrogen-bond donors (Lipinski definition) is 1. The zero-order valence-corrected chi connectivity index (χ0v) is 11.6. The molecule has 0 spiro atoms. The first-order valence-corrected chi connectivity index (χ1v) is 6.65. The largest absolute Gasteiger partial charge is 0.497 e. The normalized spacial score (nSPS) is 19.5. The number of fused-ring (bicyclic) bond motifs is 1. The van der Waals surface area contributed by atoms with Gasteiger partial charge in [-0.15, -0.1) is 0 Å². The second kappa shape index (κ2) is 4.95. The number of nitriles is 1. The third kappa shape index (κ3) is 1.86. The van der Waals surface area contributed by atoms with Crippen molar-refractivity contribution in [2.45, 2.75) is 11.8 Å². The molecule has 4 heteroatoms. The SMILES string of the molecule is COc1ccc2c(c1)[C@](CC#N)(c1ccccc1)C(=O)N2. The van der Waals surface area contributed by atoms with Gasteiger partial charge in [-0.2, -0.15) is 5.26 Å². The number of rotatable bonds is 3. The Bertz CT molecular complexity index is 734. The Kier molecular flexibility index (Phi) is 3.11. The van der Waals surface area contributed by atoms with Crippen molar-refractivity contribution in [1.82, 2.24) is 0 Å². The van der Waals surface area contributed by atoms with E-state index in [9.17, 15) is 10.1 Å². The van der Waals surface area contributed by atoms with Crippen LogP contribution < -0.4 is 10.1 Å². The summed E-state index contributed by atoms with van der Waals surface area (Å²) in [7, 11) is 1.58. The molecule has 0 bridgehead atoms. The molecule has 1 atom stereocenters. The summed E-state index contributed by atoms with van der Waals surface area (Å²) in [5.74, 6) is 0.502. The van der Waals surface area contributed by atoms with E-state index in [4.69, 9.17) is 4.74 Å². The zero-order chi connectivity index (χ0) is 14.9. The fraction of sp³-hybridized carbons (Fsp3) is 0.176. The summed E-state index contributed by atoms with van der Waals surface area (Å²) in [6.45, 7) is 0. The molecule has 0 saturated heterocycles. The maximum absolute atomic E-state index is 12.6. The van der Waals surface area contributed by atoms with E-state index >= 15 is 0 Å². The number of benzene rings is 2. The molecule has 1 amide bonds. The first kappa shape index (κ1) is 13.2. The summed E-state index contributed by atoms with van der Waals surface area (Å²) in [6, 6.07) is 17.0. The van der Waals surface area contributed by atoms with E-state index in [-0.39, 0.29) is 12.3 Å². The molecule has 3 rings (SSSR count). The van der Waals surface area contributed by atoms with Crippen molar-refractivity contribution in [2.24, 2.45) is 0 Å². The van der Waals surface area contributed by atoms with Crippen molar-refractivity contribution in [3.63, 3.8) is 0 Å². The number of nitrogens with one attached hydrogen (secondary N) is 1. The van der Waals surface area contributed by atoms with Gasteiger partial charge < -0.3 is 10.1 Å². The summed E-state index contributed by atoms with van der Waals surface area (Å²) in [5.41, 5.74) is 1.37. The van der Waals surface area contributed by atoms with Crippen LogP contribution in [0.1, 0.15) is 17.5 Å². The lowest BCUT2D eigenvalue weighted by Gasteiger charge is -2.25. The minimum Gasteiger partial charge on any atom is -0.497 e. The number of carbonyl (C=O) groups excluding carboxylic acids is 1. The number of nitrogens with zero attached hydrogens (tertiary/aromatic N) is 1. The molecule has 104 valence electrons. The van der Waals surface area contributed by atoms with E-state index in [0.29, 0.717) is 5.75 Å². The van der Waals surface area contributed by atoms with Crippen molar-refractivity contribution in [3.8, 4) is 11.8 Å². The van der Waals surface area contributed by atoms with Crippen molar-refractivity contribution in [1.29, 1.82) is 5.26 Å². The number of ether oxygens (including phenoxy) is 1. The highest BCUT2D eigenvalue weighted by molar-refractivity contribution is 6.09. The van der Waals surface area contributed by atoms with Gasteiger partial charge in [0, 0.05) is 11.3 Å². The smallest absolute Gasteiger partial charge is 0.240 e. The minimum absolute atomic E-state index is 0.0863. The summed E-state index contributed by atoms with van der Waals surface area (Å²) in [5, 5.41) is 12.1. The lowest BCUT2D eigenvalue weighted by atomic mass is 9.73. The predicted octanol–water partition coefficient (Wildman–Crippen LogP) is 2.85. The van der Waals surface area contributed by atoms with Crippen LogP contribution in [0, 0.1) is 11.3 Å². The molecule has 0 radical (unpaired) electrons. The van der Waals surface area contributed by atoms with Crippen LogP contribution in [0.5, 0.6) is 5.75 Å². The molecule has 2 aromatic rings. The number of amides is 1. The molecule has 1 aliphatic rings. The Morgan fingerprint density at radius 1 is 1.24 bits per heavy atom. The van der Waals surface area contributed by atoms with Crippen LogP contribution in [-0.2, 0) is 10.2 Å². The molecule has 0 aromatic heterocycles. The number of hydrogen-bond acceptors (Lipinski definition) is 3. The maximum Gasteiger partial charge on any atom is 0.240 e. The summed E-state index contributed by atoms with van der Waals surface area (Å²) >= 11 is 0. The van der Waals surface area contributed by atoms with E-state index in [2.05, 4.69) is 11.4 Å². The molecule has 21 heavy (non-hydrogen) atoms. The monoisotopic (exact) mass is 278 g/mol. The van der Waals surface area contributed by atoms with Gasteiger partial charge in [0.2, 0.25) is 5.91 Å². The second-order valence-corrected chi connectivity index (χ2v) is 4.97. The lowest BCUT2D eigenvalue weighted by Crippen LogP contribution is -2.35. The second-order valence-electron chi connectivity index (χ2n) is 4.97. The highest BCUT2D eigenvalue weighted by Gasteiger charge is 2.48. The number of anilines is 1. The molecule has 0 aliphatic carbocycles. The fourth-order valence-corrected chi connectivity index (χ4v) is 2.87. The van der Waals surface area contributed by atoms with Gasteiger partial charge in [-0.05, 0) is 23.8 Å². The van der Waals surface area contributed by atoms with Gasteiger partial charge in [0.15, 0.2) is 0 Å². The third-order valence-electron chi connectivity index (χ3n) is 3.93. The van der Waals surface area contributed by atoms with Crippen molar-refractivity contribution >= 4 is 11.6 Å². The topological polar surface area (TPSA) is 62.1 Å². The van der Waals surface area contributed by atoms with Crippen LogP contribution in [0.3, 0.4) is 0 Å². The molecule has 0 fully saturated rings. The van der Waals surface area contributed by atoms with E-state index in [1.807, 2.05) is 42.5 Å². The predicted molar refractivity (Wildman–Crippen MR) is 79.1 cm³/mol. The Morgan fingerprint density at radius 3 is 2.67 bits per heavy atom. The van der Waals surface area contributed by atoms with E-state index in [1.165, 1.54) is 0 Å². The van der Waals surface area contributed by atoms with E-state index in [0.717, 1.165) is 16.8 Å². The Morgan fingerprint density at radius 2 is 2.00 bits per heavy atom. The Hall–Kier alpha value is -2.80. The quantitative estimate of drug-likeness (QED) is 0.939. The van der Waals surface area contributed by atoms with Crippen molar-refractivity contribution in [3.05, 3.63) is 59.7 Å². The summed E-state index contributed by atoms with van der Waals surface area (Å²) in [4.78, 5) is 12.6. The number of carbonyl (C=O) groups is 1. The first-order valence-electron chi connectivity index (χ1n) is 6.65. The van der Waals surface area contributed by atoms with Gasteiger partial charge in [-0.3, -0.25) is 4.79 Å². The lowest BCUT2D eigenvalue weighted by molar-refractivity contribution is -0.119. The molecule has 1 N–H and O–H groups in total. The Balaban J connectivity index is 2.27. The minimum atomic E-state index is -0.972. The van der Waals surface area contributed by atoms with Crippen LogP contribution >= 0.6 is 0 Å². The molecule has 0 saturated carbocycles.